The summed E-state index contributed by atoms with van der Waals surface area (Å²) in [4.78, 5) is 29.5. The molecule has 39 heavy (non-hydrogen) atoms. The van der Waals surface area contributed by atoms with E-state index >= 15 is 0 Å². The van der Waals surface area contributed by atoms with Crippen molar-refractivity contribution in [3.63, 3.8) is 0 Å². The van der Waals surface area contributed by atoms with Crippen molar-refractivity contribution in [1.29, 1.82) is 0 Å². The lowest BCUT2D eigenvalue weighted by atomic mass is 9.57. The van der Waals surface area contributed by atoms with Crippen molar-refractivity contribution in [2.45, 2.75) is 49.7 Å². The summed E-state index contributed by atoms with van der Waals surface area (Å²) in [7, 11) is -7.90. The van der Waals surface area contributed by atoms with Gasteiger partial charge < -0.3 is 10.2 Å². The Morgan fingerprint density at radius 3 is 2.46 bits per heavy atom. The molecule has 1 aromatic heterocycles. The molecule has 208 valence electrons. The van der Waals surface area contributed by atoms with Gasteiger partial charge in [-0.3, -0.25) is 9.59 Å². The summed E-state index contributed by atoms with van der Waals surface area (Å²) in [5.41, 5.74) is 0.937. The number of sulfonamides is 2. The van der Waals surface area contributed by atoms with E-state index in [-0.39, 0.29) is 58.0 Å². The Bertz CT molecular complexity index is 1590. The third-order valence-electron chi connectivity index (χ3n) is 8.28. The maximum Gasteiger partial charge on any atom is 0.287 e. The topological polar surface area (TPSA) is 142 Å². The van der Waals surface area contributed by atoms with Crippen molar-refractivity contribution in [1.82, 2.24) is 9.62 Å². The number of rotatable bonds is 6. The predicted molar refractivity (Wildman–Crippen MR) is 142 cm³/mol. The van der Waals surface area contributed by atoms with Crippen molar-refractivity contribution in [2.24, 2.45) is 28.1 Å². The van der Waals surface area contributed by atoms with E-state index in [4.69, 9.17) is 0 Å². The largest absolute Gasteiger partial charge is 0.333 e. The molecule has 3 saturated carbocycles. The van der Waals surface area contributed by atoms with Gasteiger partial charge in [0.2, 0.25) is 15.9 Å². The Kier molecular flexibility index (Phi) is 6.44. The summed E-state index contributed by atoms with van der Waals surface area (Å²) in [6.45, 7) is -0.0607. The van der Waals surface area contributed by atoms with Crippen LogP contribution in [0, 0.1) is 29.5 Å². The molecule has 1 saturated heterocycles. The van der Waals surface area contributed by atoms with Crippen molar-refractivity contribution in [3.05, 3.63) is 46.6 Å². The van der Waals surface area contributed by atoms with Crippen molar-refractivity contribution >= 4 is 53.9 Å². The zero-order valence-corrected chi connectivity index (χ0v) is 23.4. The molecule has 14 heteroatoms. The molecular formula is C25H27FN4O6S3. The van der Waals surface area contributed by atoms with Crippen molar-refractivity contribution < 1.29 is 30.8 Å². The van der Waals surface area contributed by atoms with E-state index in [1.807, 2.05) is 0 Å². The highest BCUT2D eigenvalue weighted by molar-refractivity contribution is 7.91. The number of amides is 1. The second kappa shape index (κ2) is 9.46. The summed E-state index contributed by atoms with van der Waals surface area (Å²) in [6, 6.07) is 5.57. The summed E-state index contributed by atoms with van der Waals surface area (Å²) < 4.78 is 69.4. The minimum absolute atomic E-state index is 0.102. The number of hydrogen-bond donors (Lipinski definition) is 2. The predicted octanol–water partition coefficient (Wildman–Crippen LogP) is 2.48. The SMILES string of the molecule is CS(=O)(=O)NCc1csc2c1S(=O)(=O)N=C(C1C(=O)C3C4CCC(CC4)C3N(Cc3ccc(F)cc3)C1=O)N2. The highest BCUT2D eigenvalue weighted by Gasteiger charge is 2.58. The molecule has 10 nitrogen and oxygen atoms in total. The minimum atomic E-state index is -4.33. The zero-order chi connectivity index (χ0) is 27.7. The number of amidine groups is 1. The quantitative estimate of drug-likeness (QED) is 0.490. The number of nitrogens with one attached hydrogen (secondary N) is 2. The maximum absolute atomic E-state index is 14.0. The average molecular weight is 595 g/mol. The first-order valence-electron chi connectivity index (χ1n) is 12.7. The highest BCUT2D eigenvalue weighted by atomic mass is 32.2. The van der Waals surface area contributed by atoms with Gasteiger partial charge in [-0.1, -0.05) is 12.1 Å². The highest BCUT2D eigenvalue weighted by Crippen LogP contribution is 2.51. The number of thiophene rings is 1. The fraction of sp³-hybridized carbons (Fsp3) is 0.480. The molecule has 2 aliphatic heterocycles. The number of carbonyl (C=O) groups is 2. The standard InChI is InChI=1S/C25H27FN4O6S3/c1-38(33,34)27-10-16-12-37-24-22(16)39(35,36)29-23(28-24)19-21(31)18-14-4-6-15(7-5-14)20(18)30(25(19)32)11-13-2-8-17(26)9-3-13/h2-3,8-9,12,14-15,18-20,27H,4-7,10-11H2,1H3,(H,28,29). The van der Waals surface area contributed by atoms with Gasteiger partial charge >= 0.3 is 0 Å². The monoisotopic (exact) mass is 594 g/mol. The van der Waals surface area contributed by atoms with Gasteiger partial charge in [-0.15, -0.1) is 15.7 Å². The van der Waals surface area contributed by atoms with Gasteiger partial charge in [0.25, 0.3) is 10.0 Å². The Morgan fingerprint density at radius 2 is 1.79 bits per heavy atom. The van der Waals surface area contributed by atoms with Gasteiger partial charge in [0.1, 0.15) is 21.5 Å². The van der Waals surface area contributed by atoms with Crippen molar-refractivity contribution in [2.75, 3.05) is 11.6 Å². The molecule has 1 aromatic carbocycles. The van der Waals surface area contributed by atoms with Crippen LogP contribution in [-0.2, 0) is 42.7 Å². The molecule has 2 bridgehead atoms. The lowest BCUT2D eigenvalue weighted by Crippen LogP contribution is -2.66. The van der Waals surface area contributed by atoms with Gasteiger partial charge in [-0.2, -0.15) is 8.42 Å². The summed E-state index contributed by atoms with van der Waals surface area (Å²) in [5, 5.41) is 4.62. The molecule has 3 aliphatic carbocycles. The summed E-state index contributed by atoms with van der Waals surface area (Å²) in [5.74, 6) is -3.01. The van der Waals surface area contributed by atoms with Gasteiger partial charge in [-0.25, -0.2) is 17.5 Å². The summed E-state index contributed by atoms with van der Waals surface area (Å²) >= 11 is 1.04. The van der Waals surface area contributed by atoms with Gasteiger partial charge in [0.15, 0.2) is 11.7 Å². The van der Waals surface area contributed by atoms with Crippen LogP contribution in [0.4, 0.5) is 9.39 Å². The number of Topliss-reactive ketones (excluding diaryl/α,β-unsaturated/α-hetero) is 1. The van der Waals surface area contributed by atoms with E-state index < -0.39 is 43.6 Å². The van der Waals surface area contributed by atoms with Crippen LogP contribution in [0.1, 0.15) is 36.8 Å². The lowest BCUT2D eigenvalue weighted by Gasteiger charge is -2.55. The van der Waals surface area contributed by atoms with E-state index in [1.54, 1.807) is 17.0 Å². The molecule has 3 unspecified atom stereocenters. The van der Waals surface area contributed by atoms with E-state index in [0.29, 0.717) is 5.56 Å². The number of hydrogen-bond acceptors (Lipinski definition) is 8. The van der Waals surface area contributed by atoms with Crippen LogP contribution in [0.25, 0.3) is 0 Å². The normalized spacial score (nSPS) is 29.4. The molecule has 7 rings (SSSR count). The van der Waals surface area contributed by atoms with Crippen LogP contribution >= 0.6 is 11.3 Å². The first-order chi connectivity index (χ1) is 18.4. The van der Waals surface area contributed by atoms with Gasteiger partial charge in [0, 0.05) is 30.6 Å². The number of anilines is 1. The van der Waals surface area contributed by atoms with E-state index in [9.17, 15) is 30.8 Å². The Balaban J connectivity index is 1.37. The van der Waals surface area contributed by atoms with Crippen LogP contribution < -0.4 is 10.0 Å². The summed E-state index contributed by atoms with van der Waals surface area (Å²) in [6.07, 6.45) is 4.58. The zero-order valence-electron chi connectivity index (χ0n) is 21.0. The fourth-order valence-corrected chi connectivity index (χ4v) is 9.70. The van der Waals surface area contributed by atoms with Crippen molar-refractivity contribution in [3.8, 4) is 0 Å². The number of halogens is 1. The molecule has 2 N–H and O–H groups in total. The van der Waals surface area contributed by atoms with E-state index in [2.05, 4.69) is 14.4 Å². The Labute approximate surface area is 229 Å². The smallest absolute Gasteiger partial charge is 0.287 e. The van der Waals surface area contributed by atoms with E-state index in [1.165, 1.54) is 17.5 Å². The second-order valence-corrected chi connectivity index (χ2v) is 15.0. The first-order valence-corrected chi connectivity index (χ1v) is 16.9. The van der Waals surface area contributed by atoms with Crippen LogP contribution in [-0.4, -0.2) is 51.6 Å². The van der Waals surface area contributed by atoms with Crippen LogP contribution in [0.3, 0.4) is 0 Å². The molecular weight excluding hydrogens is 567 g/mol. The molecule has 5 aliphatic rings. The fourth-order valence-electron chi connectivity index (χ4n) is 6.64. The number of benzene rings is 1. The number of fused-ring (bicyclic) bond motifs is 3. The molecule has 1 amide bonds. The third kappa shape index (κ3) is 4.70. The number of nitrogens with zero attached hydrogens (tertiary/aromatic N) is 2. The minimum Gasteiger partial charge on any atom is -0.333 e. The Morgan fingerprint density at radius 1 is 1.13 bits per heavy atom. The first kappa shape index (κ1) is 26.5. The van der Waals surface area contributed by atoms with Gasteiger partial charge in [-0.05, 0) is 60.6 Å². The van der Waals surface area contributed by atoms with Crippen LogP contribution in [0.2, 0.25) is 0 Å². The lowest BCUT2D eigenvalue weighted by molar-refractivity contribution is -0.162. The number of piperidine rings is 1. The molecule has 3 atom stereocenters. The Hall–Kier alpha value is -2.68. The molecule has 2 aromatic rings. The maximum atomic E-state index is 14.0. The van der Waals surface area contributed by atoms with Crippen LogP contribution in [0.5, 0.6) is 0 Å². The number of likely N-dealkylation sites (tertiary alicyclic amines) is 1. The third-order valence-corrected chi connectivity index (χ3v) is 11.4. The van der Waals surface area contributed by atoms with Gasteiger partial charge in [0.05, 0.1) is 6.26 Å². The molecule has 3 heterocycles. The molecule has 0 radical (unpaired) electrons. The van der Waals surface area contributed by atoms with Crippen LogP contribution in [0.15, 0.2) is 38.9 Å². The molecule has 0 spiro atoms. The second-order valence-electron chi connectivity index (χ2n) is 10.7. The molecule has 4 fully saturated rings. The average Bonchev–Trinajstić information content (AvgIpc) is 3.30. The number of carbonyl (C=O) groups excluding carboxylic acids is 2. The van der Waals surface area contributed by atoms with E-state index in [0.717, 1.165) is 43.3 Å². The number of ketones is 1.